The number of rotatable bonds is 5. The van der Waals surface area contributed by atoms with Gasteiger partial charge in [0.15, 0.2) is 0 Å². The molecule has 0 spiro atoms. The van der Waals surface area contributed by atoms with E-state index in [4.69, 9.17) is 4.74 Å². The first-order chi connectivity index (χ1) is 12.8. The largest absolute Gasteiger partial charge is 0.373 e. The van der Waals surface area contributed by atoms with Gasteiger partial charge in [-0.25, -0.2) is 0 Å². The molecule has 150 valence electrons. The lowest BCUT2D eigenvalue weighted by atomic mass is 10.1. The van der Waals surface area contributed by atoms with Crippen LogP contribution in [0.15, 0.2) is 24.3 Å². The monoisotopic (exact) mass is 398 g/mol. The van der Waals surface area contributed by atoms with Gasteiger partial charge in [-0.1, -0.05) is 18.2 Å². The normalized spacial score (nSPS) is 26.1. The van der Waals surface area contributed by atoms with Gasteiger partial charge < -0.3 is 4.74 Å². The smallest absolute Gasteiger partial charge is 0.282 e. The van der Waals surface area contributed by atoms with Gasteiger partial charge in [0.05, 0.1) is 17.1 Å². The molecule has 0 amide bonds. The molecule has 2 fully saturated rings. The summed E-state index contributed by atoms with van der Waals surface area (Å²) in [5.74, 6) is 0. The van der Waals surface area contributed by atoms with Gasteiger partial charge in [-0.15, -0.1) is 0 Å². The summed E-state index contributed by atoms with van der Waals surface area (Å²) in [6, 6.07) is 6.68. The Bertz CT molecular complexity index is 769. The van der Waals surface area contributed by atoms with Crippen LogP contribution in [0.3, 0.4) is 0 Å². The maximum atomic E-state index is 12.9. The number of hydrogen-bond donors (Lipinski definition) is 0. The average Bonchev–Trinajstić information content (AvgIpc) is 2.61. The highest BCUT2D eigenvalue weighted by Gasteiger charge is 2.36. The number of ether oxygens (including phenoxy) is 1. The van der Waals surface area contributed by atoms with E-state index in [0.29, 0.717) is 51.4 Å². The number of para-hydroxylation sites is 1. The molecule has 1 aromatic rings. The minimum Gasteiger partial charge on any atom is -0.373 e. The predicted molar refractivity (Wildman–Crippen MR) is 100 cm³/mol. The molecule has 2 atom stereocenters. The highest BCUT2D eigenvalue weighted by molar-refractivity contribution is 7.86. The Balaban J connectivity index is 1.61. The van der Waals surface area contributed by atoms with Gasteiger partial charge in [0, 0.05) is 57.4 Å². The standard InChI is InChI=1S/C17H26N4O5S/c1-14-11-20(12-15(2)26-14)27(24,25)19-9-7-18(8-10-19)13-16-5-3-4-6-17(16)21(22)23/h3-6,14-15H,7-13H2,1-2H3. The van der Waals surface area contributed by atoms with Crippen LogP contribution in [0.5, 0.6) is 0 Å². The topological polar surface area (TPSA) is 96.2 Å². The summed E-state index contributed by atoms with van der Waals surface area (Å²) >= 11 is 0. The maximum Gasteiger partial charge on any atom is 0.282 e. The van der Waals surface area contributed by atoms with E-state index in [1.807, 2.05) is 13.8 Å². The fraction of sp³-hybridized carbons (Fsp3) is 0.647. The third-order valence-corrected chi connectivity index (χ3v) is 6.92. The van der Waals surface area contributed by atoms with Crippen LogP contribution < -0.4 is 0 Å². The lowest BCUT2D eigenvalue weighted by Gasteiger charge is -2.40. The van der Waals surface area contributed by atoms with Crippen molar-refractivity contribution in [2.45, 2.75) is 32.6 Å². The quantitative estimate of drug-likeness (QED) is 0.544. The maximum absolute atomic E-state index is 12.9. The number of nitro groups is 1. The molecule has 0 N–H and O–H groups in total. The Kier molecular flexibility index (Phi) is 6.11. The summed E-state index contributed by atoms with van der Waals surface area (Å²) in [7, 11) is -3.52. The van der Waals surface area contributed by atoms with Crippen molar-refractivity contribution in [1.82, 2.24) is 13.5 Å². The minimum absolute atomic E-state index is 0.101. The molecule has 9 nitrogen and oxygen atoms in total. The Hall–Kier alpha value is -1.59. The second-order valence-corrected chi connectivity index (χ2v) is 9.07. The van der Waals surface area contributed by atoms with Gasteiger partial charge in [0.2, 0.25) is 0 Å². The van der Waals surface area contributed by atoms with E-state index in [2.05, 4.69) is 4.90 Å². The summed E-state index contributed by atoms with van der Waals surface area (Å²) < 4.78 is 34.5. The summed E-state index contributed by atoms with van der Waals surface area (Å²) in [6.45, 7) is 6.77. The molecule has 1 aromatic carbocycles. The van der Waals surface area contributed by atoms with E-state index in [0.717, 1.165) is 0 Å². The molecular formula is C17H26N4O5S. The first kappa shape index (κ1) is 20.2. The second-order valence-electron chi connectivity index (χ2n) is 7.14. The van der Waals surface area contributed by atoms with E-state index in [1.165, 1.54) is 14.7 Å². The highest BCUT2D eigenvalue weighted by atomic mass is 32.2. The number of hydrogen-bond acceptors (Lipinski definition) is 6. The minimum atomic E-state index is -3.52. The molecule has 2 saturated heterocycles. The molecule has 0 radical (unpaired) electrons. The molecule has 0 aromatic heterocycles. The van der Waals surface area contributed by atoms with Crippen molar-refractivity contribution in [3.8, 4) is 0 Å². The van der Waals surface area contributed by atoms with Crippen LogP contribution in [-0.4, -0.2) is 78.3 Å². The second kappa shape index (κ2) is 8.19. The summed E-state index contributed by atoms with van der Waals surface area (Å²) in [6.07, 6.45) is -0.244. The van der Waals surface area contributed by atoms with Crippen LogP contribution >= 0.6 is 0 Å². The zero-order valence-corrected chi connectivity index (χ0v) is 16.5. The highest BCUT2D eigenvalue weighted by Crippen LogP contribution is 2.22. The average molecular weight is 398 g/mol. The Morgan fingerprint density at radius 1 is 1.07 bits per heavy atom. The Morgan fingerprint density at radius 2 is 1.67 bits per heavy atom. The van der Waals surface area contributed by atoms with Crippen LogP contribution in [0.1, 0.15) is 19.4 Å². The van der Waals surface area contributed by atoms with Crippen molar-refractivity contribution in [3.05, 3.63) is 39.9 Å². The van der Waals surface area contributed by atoms with E-state index in [9.17, 15) is 18.5 Å². The van der Waals surface area contributed by atoms with Crippen molar-refractivity contribution in [2.24, 2.45) is 0 Å². The molecule has 10 heteroatoms. The Morgan fingerprint density at radius 3 is 2.26 bits per heavy atom. The van der Waals surface area contributed by atoms with Gasteiger partial charge in [-0.3, -0.25) is 15.0 Å². The van der Waals surface area contributed by atoms with E-state index < -0.39 is 10.2 Å². The molecule has 0 saturated carbocycles. The predicted octanol–water partition coefficient (Wildman–Crippen LogP) is 1.07. The van der Waals surface area contributed by atoms with E-state index >= 15 is 0 Å². The first-order valence-electron chi connectivity index (χ1n) is 9.12. The van der Waals surface area contributed by atoms with Crippen LogP contribution in [0.2, 0.25) is 0 Å². The molecule has 3 rings (SSSR count). The molecular weight excluding hydrogens is 372 g/mol. The summed E-state index contributed by atoms with van der Waals surface area (Å²) in [5.41, 5.74) is 0.749. The number of nitro benzene ring substituents is 1. The van der Waals surface area contributed by atoms with Crippen molar-refractivity contribution in [1.29, 1.82) is 0 Å². The van der Waals surface area contributed by atoms with Crippen molar-refractivity contribution in [2.75, 3.05) is 39.3 Å². The van der Waals surface area contributed by atoms with Crippen molar-refractivity contribution < 1.29 is 18.1 Å². The third-order valence-electron chi connectivity index (χ3n) is 4.95. The first-order valence-corrected chi connectivity index (χ1v) is 10.5. The van der Waals surface area contributed by atoms with Gasteiger partial charge in [0.25, 0.3) is 15.9 Å². The van der Waals surface area contributed by atoms with Crippen LogP contribution in [0, 0.1) is 10.1 Å². The van der Waals surface area contributed by atoms with Crippen LogP contribution in [0.4, 0.5) is 5.69 Å². The van der Waals surface area contributed by atoms with Gasteiger partial charge in [0.1, 0.15) is 0 Å². The third kappa shape index (κ3) is 4.64. The number of morpholine rings is 1. The SMILES string of the molecule is CC1CN(S(=O)(=O)N2CCN(Cc3ccccc3[N+](=O)[O-])CC2)CC(C)O1. The number of benzene rings is 1. The van der Waals surface area contributed by atoms with Gasteiger partial charge >= 0.3 is 0 Å². The van der Waals surface area contributed by atoms with Crippen molar-refractivity contribution in [3.63, 3.8) is 0 Å². The molecule has 2 unspecified atom stereocenters. The molecule has 2 heterocycles. The van der Waals surface area contributed by atoms with Crippen LogP contribution in [-0.2, 0) is 21.5 Å². The molecule has 0 bridgehead atoms. The van der Waals surface area contributed by atoms with E-state index in [-0.39, 0.29) is 22.8 Å². The lowest BCUT2D eigenvalue weighted by Crippen LogP contribution is -2.57. The fourth-order valence-corrected chi connectivity index (χ4v) is 5.41. The van der Waals surface area contributed by atoms with Gasteiger partial charge in [-0.2, -0.15) is 17.0 Å². The lowest BCUT2D eigenvalue weighted by molar-refractivity contribution is -0.385. The van der Waals surface area contributed by atoms with E-state index in [1.54, 1.807) is 18.2 Å². The fourth-order valence-electron chi connectivity index (χ4n) is 3.66. The number of piperazine rings is 1. The summed E-state index contributed by atoms with van der Waals surface area (Å²) in [5, 5.41) is 11.2. The Labute approximate surface area is 159 Å². The molecule has 27 heavy (non-hydrogen) atoms. The molecule has 2 aliphatic heterocycles. The molecule has 2 aliphatic rings. The number of nitrogens with zero attached hydrogens (tertiary/aromatic N) is 4. The zero-order valence-electron chi connectivity index (χ0n) is 15.7. The van der Waals surface area contributed by atoms with Gasteiger partial charge in [-0.05, 0) is 13.8 Å². The summed E-state index contributed by atoms with van der Waals surface area (Å²) in [4.78, 5) is 12.8. The molecule has 0 aliphatic carbocycles. The zero-order chi connectivity index (χ0) is 19.6. The van der Waals surface area contributed by atoms with Crippen molar-refractivity contribution >= 4 is 15.9 Å². The van der Waals surface area contributed by atoms with Crippen LogP contribution in [0.25, 0.3) is 0 Å².